The average Bonchev–Trinajstić information content (AvgIpc) is 2.77. The first-order valence-corrected chi connectivity index (χ1v) is 7.30. The Morgan fingerprint density at radius 2 is 2.24 bits per heavy atom. The molecule has 0 saturated carbocycles. The van der Waals surface area contributed by atoms with Crippen LogP contribution < -0.4 is 4.90 Å². The van der Waals surface area contributed by atoms with Gasteiger partial charge in [-0.3, -0.25) is 0 Å². The van der Waals surface area contributed by atoms with Gasteiger partial charge in [0, 0.05) is 34.7 Å². The molecule has 0 saturated heterocycles. The molecule has 2 nitrogen and oxygen atoms in total. The quantitative estimate of drug-likeness (QED) is 0.758. The van der Waals surface area contributed by atoms with Crippen LogP contribution in [0.4, 0.5) is 5.82 Å². The van der Waals surface area contributed by atoms with Crippen LogP contribution >= 0.6 is 22.9 Å². The Kier molecular flexibility index (Phi) is 4.24. The number of thiophene rings is 1. The van der Waals surface area contributed by atoms with Crippen LogP contribution in [-0.4, -0.2) is 23.5 Å². The van der Waals surface area contributed by atoms with E-state index in [1.807, 2.05) is 6.20 Å². The Balaban J connectivity index is 2.37. The number of hydrogen-bond donors (Lipinski definition) is 0. The molecule has 0 aliphatic rings. The standard InChI is InChI=1S/C13H17ClN2S/c1-10(2)16(8-3-6-14)13-11-5-9-17-12(11)4-7-15-13/h4-5,7,9-10H,3,6,8H2,1-2H3. The van der Waals surface area contributed by atoms with E-state index in [0.29, 0.717) is 11.9 Å². The Labute approximate surface area is 111 Å². The fourth-order valence-corrected chi connectivity index (χ4v) is 2.84. The zero-order valence-corrected chi connectivity index (χ0v) is 11.8. The largest absolute Gasteiger partial charge is 0.354 e. The fraction of sp³-hybridized carbons (Fsp3) is 0.462. The van der Waals surface area contributed by atoms with Gasteiger partial charge in [0.1, 0.15) is 5.82 Å². The first-order valence-electron chi connectivity index (χ1n) is 5.89. The molecule has 2 aromatic rings. The van der Waals surface area contributed by atoms with Gasteiger partial charge >= 0.3 is 0 Å². The molecule has 17 heavy (non-hydrogen) atoms. The van der Waals surface area contributed by atoms with Crippen molar-refractivity contribution in [3.63, 3.8) is 0 Å². The van der Waals surface area contributed by atoms with E-state index in [1.54, 1.807) is 11.3 Å². The molecule has 4 heteroatoms. The molecule has 2 rings (SSSR count). The third kappa shape index (κ3) is 2.72. The van der Waals surface area contributed by atoms with E-state index in [4.69, 9.17) is 11.6 Å². The van der Waals surface area contributed by atoms with Crippen LogP contribution in [0, 0.1) is 0 Å². The third-order valence-electron chi connectivity index (χ3n) is 2.79. The first-order chi connectivity index (χ1) is 8.24. The lowest BCUT2D eigenvalue weighted by molar-refractivity contribution is 0.666. The highest BCUT2D eigenvalue weighted by Gasteiger charge is 2.14. The van der Waals surface area contributed by atoms with Gasteiger partial charge < -0.3 is 4.90 Å². The molecule has 2 aromatic heterocycles. The minimum Gasteiger partial charge on any atom is -0.354 e. The molecule has 0 aromatic carbocycles. The second kappa shape index (κ2) is 5.69. The molecule has 0 spiro atoms. The summed E-state index contributed by atoms with van der Waals surface area (Å²) in [5.74, 6) is 1.78. The highest BCUT2D eigenvalue weighted by molar-refractivity contribution is 7.17. The second-order valence-corrected chi connectivity index (χ2v) is 5.62. The summed E-state index contributed by atoms with van der Waals surface area (Å²) < 4.78 is 1.30. The Hall–Kier alpha value is -0.800. The maximum Gasteiger partial charge on any atom is 0.137 e. The summed E-state index contributed by atoms with van der Waals surface area (Å²) in [6, 6.07) is 4.67. The highest BCUT2D eigenvalue weighted by Crippen LogP contribution is 2.29. The van der Waals surface area contributed by atoms with E-state index in [9.17, 15) is 0 Å². The van der Waals surface area contributed by atoms with Gasteiger partial charge in [-0.25, -0.2) is 4.98 Å². The smallest absolute Gasteiger partial charge is 0.137 e. The van der Waals surface area contributed by atoms with Gasteiger partial charge in [-0.1, -0.05) is 0 Å². The van der Waals surface area contributed by atoms with Crippen molar-refractivity contribution in [1.29, 1.82) is 0 Å². The van der Waals surface area contributed by atoms with Crippen LogP contribution in [0.2, 0.25) is 0 Å². The van der Waals surface area contributed by atoms with E-state index in [2.05, 4.69) is 41.2 Å². The molecular formula is C13H17ClN2S. The van der Waals surface area contributed by atoms with Gasteiger partial charge in [0.2, 0.25) is 0 Å². The van der Waals surface area contributed by atoms with Crippen molar-refractivity contribution in [2.24, 2.45) is 0 Å². The molecule has 2 heterocycles. The van der Waals surface area contributed by atoms with Crippen molar-refractivity contribution in [2.45, 2.75) is 26.3 Å². The number of fused-ring (bicyclic) bond motifs is 1. The first kappa shape index (κ1) is 12.7. The van der Waals surface area contributed by atoms with Gasteiger partial charge in [-0.15, -0.1) is 22.9 Å². The van der Waals surface area contributed by atoms with E-state index in [0.717, 1.165) is 18.8 Å². The maximum atomic E-state index is 5.79. The zero-order chi connectivity index (χ0) is 12.3. The lowest BCUT2D eigenvalue weighted by Crippen LogP contribution is -2.32. The van der Waals surface area contributed by atoms with E-state index >= 15 is 0 Å². The summed E-state index contributed by atoms with van der Waals surface area (Å²) >= 11 is 7.55. The van der Waals surface area contributed by atoms with Crippen LogP contribution in [0.5, 0.6) is 0 Å². The number of alkyl halides is 1. The molecule has 0 N–H and O–H groups in total. The van der Waals surface area contributed by atoms with Crippen LogP contribution in [0.1, 0.15) is 20.3 Å². The Morgan fingerprint density at radius 1 is 1.41 bits per heavy atom. The number of anilines is 1. The molecule has 0 fully saturated rings. The van der Waals surface area contributed by atoms with Crippen molar-refractivity contribution in [2.75, 3.05) is 17.3 Å². The molecule has 0 atom stereocenters. The number of rotatable bonds is 5. The van der Waals surface area contributed by atoms with Gasteiger partial charge in [0.15, 0.2) is 0 Å². The lowest BCUT2D eigenvalue weighted by atomic mass is 10.2. The van der Waals surface area contributed by atoms with Crippen LogP contribution in [0.25, 0.3) is 10.1 Å². The van der Waals surface area contributed by atoms with E-state index in [1.165, 1.54) is 10.1 Å². The molecule has 0 amide bonds. The monoisotopic (exact) mass is 268 g/mol. The summed E-state index contributed by atoms with van der Waals surface area (Å²) in [6.07, 6.45) is 2.88. The van der Waals surface area contributed by atoms with Crippen LogP contribution in [0.3, 0.4) is 0 Å². The predicted molar refractivity (Wildman–Crippen MR) is 77.4 cm³/mol. The SMILES string of the molecule is CC(C)N(CCCCl)c1nccc2sccc12. The zero-order valence-electron chi connectivity index (χ0n) is 10.2. The number of halogens is 1. The summed E-state index contributed by atoms with van der Waals surface area (Å²) in [7, 11) is 0. The minimum absolute atomic E-state index is 0.441. The minimum atomic E-state index is 0.441. The van der Waals surface area contributed by atoms with E-state index < -0.39 is 0 Å². The lowest BCUT2D eigenvalue weighted by Gasteiger charge is -2.28. The van der Waals surface area contributed by atoms with Crippen molar-refractivity contribution in [3.8, 4) is 0 Å². The van der Waals surface area contributed by atoms with Gasteiger partial charge in [0.05, 0.1) is 0 Å². The van der Waals surface area contributed by atoms with Crippen LogP contribution in [0.15, 0.2) is 23.7 Å². The summed E-state index contributed by atoms with van der Waals surface area (Å²) in [6.45, 7) is 5.35. The van der Waals surface area contributed by atoms with E-state index in [-0.39, 0.29) is 0 Å². The van der Waals surface area contributed by atoms with Gasteiger partial charge in [-0.05, 0) is 37.8 Å². The molecule has 0 aliphatic heterocycles. The van der Waals surface area contributed by atoms with Crippen molar-refractivity contribution in [3.05, 3.63) is 23.7 Å². The Morgan fingerprint density at radius 3 is 2.94 bits per heavy atom. The normalized spacial score (nSPS) is 11.3. The number of nitrogens with zero attached hydrogens (tertiary/aromatic N) is 2. The molecule has 0 radical (unpaired) electrons. The average molecular weight is 269 g/mol. The van der Waals surface area contributed by atoms with Crippen LogP contribution in [-0.2, 0) is 0 Å². The van der Waals surface area contributed by atoms with Gasteiger partial charge in [-0.2, -0.15) is 0 Å². The fourth-order valence-electron chi connectivity index (χ4n) is 1.95. The van der Waals surface area contributed by atoms with Gasteiger partial charge in [0.25, 0.3) is 0 Å². The molecular weight excluding hydrogens is 252 g/mol. The topological polar surface area (TPSA) is 16.1 Å². The summed E-state index contributed by atoms with van der Waals surface area (Å²) in [4.78, 5) is 6.87. The molecule has 92 valence electrons. The summed E-state index contributed by atoms with van der Waals surface area (Å²) in [5.41, 5.74) is 0. The number of aromatic nitrogens is 1. The highest BCUT2D eigenvalue weighted by atomic mass is 35.5. The third-order valence-corrected chi connectivity index (χ3v) is 3.94. The van der Waals surface area contributed by atoms with Crippen molar-refractivity contribution < 1.29 is 0 Å². The molecule has 0 aliphatic carbocycles. The Bertz CT molecular complexity index is 481. The summed E-state index contributed by atoms with van der Waals surface area (Å²) in [5, 5.41) is 3.37. The van der Waals surface area contributed by atoms with Crippen molar-refractivity contribution in [1.82, 2.24) is 4.98 Å². The second-order valence-electron chi connectivity index (χ2n) is 4.30. The maximum absolute atomic E-state index is 5.79. The number of pyridine rings is 1. The predicted octanol–water partition coefficient (Wildman–Crippen LogP) is 4.14. The molecule has 0 bridgehead atoms. The number of hydrogen-bond acceptors (Lipinski definition) is 3. The van der Waals surface area contributed by atoms with Crippen molar-refractivity contribution >= 4 is 38.8 Å². The molecule has 0 unspecified atom stereocenters.